The highest BCUT2D eigenvalue weighted by molar-refractivity contribution is 5.88. The fourth-order valence-corrected chi connectivity index (χ4v) is 6.03. The van der Waals surface area contributed by atoms with Crippen molar-refractivity contribution in [2.24, 2.45) is 5.92 Å². The van der Waals surface area contributed by atoms with Gasteiger partial charge < -0.3 is 14.7 Å². The van der Waals surface area contributed by atoms with E-state index in [1.807, 2.05) is 37.3 Å². The summed E-state index contributed by atoms with van der Waals surface area (Å²) in [7, 11) is 0. The van der Waals surface area contributed by atoms with Crippen LogP contribution in [-0.4, -0.2) is 33.1 Å². The SMILES string of the molecule is Cc1nc(CC2CC3CCC(C2)N3c2ccc(C(C)(C)C)cc2)nc(C(=O)O)c1OCc1ccccc1. The number of hydrogen-bond donors (Lipinski definition) is 1. The lowest BCUT2D eigenvalue weighted by Crippen LogP contribution is -2.43. The van der Waals surface area contributed by atoms with Crippen molar-refractivity contribution in [2.75, 3.05) is 4.90 Å². The Kier molecular flexibility index (Phi) is 6.93. The van der Waals surface area contributed by atoms with Crippen LogP contribution < -0.4 is 9.64 Å². The Bertz CT molecular complexity index is 1240. The average molecular weight is 500 g/mol. The summed E-state index contributed by atoms with van der Waals surface area (Å²) in [5.41, 5.74) is 4.34. The normalized spacial score (nSPS) is 21.2. The van der Waals surface area contributed by atoms with Gasteiger partial charge >= 0.3 is 5.97 Å². The van der Waals surface area contributed by atoms with E-state index in [4.69, 9.17) is 4.74 Å². The van der Waals surface area contributed by atoms with Gasteiger partial charge in [-0.2, -0.15) is 0 Å². The number of piperidine rings is 1. The van der Waals surface area contributed by atoms with Crippen LogP contribution in [0.4, 0.5) is 5.69 Å². The molecule has 5 rings (SSSR count). The molecule has 6 nitrogen and oxygen atoms in total. The minimum atomic E-state index is -1.08. The largest absolute Gasteiger partial charge is 0.484 e. The van der Waals surface area contributed by atoms with E-state index in [1.165, 1.54) is 24.1 Å². The minimum absolute atomic E-state index is 0.0437. The van der Waals surface area contributed by atoms with Gasteiger partial charge in [0.05, 0.1) is 5.69 Å². The Labute approximate surface area is 219 Å². The predicted octanol–water partition coefficient (Wildman–Crippen LogP) is 6.35. The van der Waals surface area contributed by atoms with Crippen LogP contribution in [0.5, 0.6) is 5.75 Å². The fraction of sp³-hybridized carbons (Fsp3) is 0.452. The molecule has 0 radical (unpaired) electrons. The number of benzene rings is 2. The first kappa shape index (κ1) is 25.2. The maximum absolute atomic E-state index is 12.1. The van der Waals surface area contributed by atoms with Gasteiger partial charge in [0.2, 0.25) is 0 Å². The molecule has 37 heavy (non-hydrogen) atoms. The van der Waals surface area contributed by atoms with Crippen molar-refractivity contribution >= 4 is 11.7 Å². The molecule has 0 saturated carbocycles. The van der Waals surface area contributed by atoms with Crippen molar-refractivity contribution in [1.29, 1.82) is 0 Å². The lowest BCUT2D eigenvalue weighted by Gasteiger charge is -2.41. The molecule has 2 aliphatic heterocycles. The number of aromatic nitrogens is 2. The first-order chi connectivity index (χ1) is 17.7. The molecule has 6 heteroatoms. The third-order valence-electron chi connectivity index (χ3n) is 7.84. The van der Waals surface area contributed by atoms with Gasteiger partial charge in [-0.15, -0.1) is 0 Å². The van der Waals surface area contributed by atoms with Crippen LogP contribution in [0.25, 0.3) is 0 Å². The predicted molar refractivity (Wildman–Crippen MR) is 145 cm³/mol. The van der Waals surface area contributed by atoms with Crippen molar-refractivity contribution in [3.05, 3.63) is 82.9 Å². The average Bonchev–Trinajstić information content (AvgIpc) is 3.13. The highest BCUT2D eigenvalue weighted by atomic mass is 16.5. The molecule has 2 unspecified atom stereocenters. The number of anilines is 1. The molecular weight excluding hydrogens is 462 g/mol. The molecule has 2 aliphatic rings. The number of fused-ring (bicyclic) bond motifs is 2. The van der Waals surface area contributed by atoms with Crippen LogP contribution in [0, 0.1) is 12.8 Å². The van der Waals surface area contributed by atoms with Crippen LogP contribution in [0.2, 0.25) is 0 Å². The third kappa shape index (κ3) is 5.48. The molecule has 0 aliphatic carbocycles. The molecule has 194 valence electrons. The fourth-order valence-electron chi connectivity index (χ4n) is 6.03. The molecule has 0 amide bonds. The van der Waals surface area contributed by atoms with Gasteiger partial charge in [0.15, 0.2) is 11.4 Å². The van der Waals surface area contributed by atoms with Crippen molar-refractivity contribution in [2.45, 2.75) is 83.9 Å². The summed E-state index contributed by atoms with van der Waals surface area (Å²) in [6.45, 7) is 8.84. The second-order valence-electron chi connectivity index (χ2n) is 11.6. The molecule has 2 fully saturated rings. The molecule has 0 spiro atoms. The number of aryl methyl sites for hydroxylation is 1. The summed E-state index contributed by atoms with van der Waals surface area (Å²) in [5.74, 6) is 0.228. The maximum atomic E-state index is 12.1. The quantitative estimate of drug-likeness (QED) is 0.408. The topological polar surface area (TPSA) is 75.6 Å². The van der Waals surface area contributed by atoms with Gasteiger partial charge in [-0.1, -0.05) is 63.2 Å². The monoisotopic (exact) mass is 499 g/mol. The third-order valence-corrected chi connectivity index (χ3v) is 7.84. The Hall–Kier alpha value is -3.41. The molecular formula is C31H37N3O3. The van der Waals surface area contributed by atoms with Crippen LogP contribution >= 0.6 is 0 Å². The molecule has 2 atom stereocenters. The number of aromatic carboxylic acids is 1. The van der Waals surface area contributed by atoms with E-state index >= 15 is 0 Å². The van der Waals surface area contributed by atoms with E-state index in [1.54, 1.807) is 0 Å². The highest BCUT2D eigenvalue weighted by Gasteiger charge is 2.41. The van der Waals surface area contributed by atoms with Crippen LogP contribution in [0.15, 0.2) is 54.6 Å². The van der Waals surface area contributed by atoms with Crippen molar-refractivity contribution < 1.29 is 14.6 Å². The lowest BCUT2D eigenvalue weighted by atomic mass is 9.85. The molecule has 3 heterocycles. The van der Waals surface area contributed by atoms with Gasteiger partial charge in [-0.05, 0) is 67.2 Å². The number of hydrogen-bond acceptors (Lipinski definition) is 5. The second-order valence-corrected chi connectivity index (χ2v) is 11.6. The van der Waals surface area contributed by atoms with Crippen molar-refractivity contribution in [3.8, 4) is 5.75 Å². The van der Waals surface area contributed by atoms with Crippen LogP contribution in [-0.2, 0) is 18.4 Å². The number of carboxylic acid groups (broad SMARTS) is 1. The minimum Gasteiger partial charge on any atom is -0.484 e. The van der Waals surface area contributed by atoms with Crippen molar-refractivity contribution in [3.63, 3.8) is 0 Å². The Morgan fingerprint density at radius 1 is 1.00 bits per heavy atom. The van der Waals surface area contributed by atoms with Gasteiger partial charge in [0, 0.05) is 24.2 Å². The number of carbonyl (C=O) groups is 1. The summed E-state index contributed by atoms with van der Waals surface area (Å²) in [6.07, 6.45) is 5.26. The van der Waals surface area contributed by atoms with Gasteiger partial charge in [-0.3, -0.25) is 0 Å². The number of carboxylic acids is 1. The standard InChI is InChI=1S/C31H37N3O3/c1-20-29(37-19-21-8-6-5-7-9-21)28(30(35)36)33-27(32-20)18-22-16-25-14-15-26(17-22)34(25)24-12-10-23(11-13-24)31(2,3)4/h5-13,22,25-26H,14-19H2,1-4H3,(H,35,36). The number of ether oxygens (including phenoxy) is 1. The smallest absolute Gasteiger partial charge is 0.358 e. The molecule has 2 bridgehead atoms. The van der Waals surface area contributed by atoms with E-state index < -0.39 is 5.97 Å². The molecule has 1 aromatic heterocycles. The van der Waals surface area contributed by atoms with Crippen molar-refractivity contribution in [1.82, 2.24) is 9.97 Å². The zero-order valence-electron chi connectivity index (χ0n) is 22.3. The molecule has 3 aromatic rings. The van der Waals surface area contributed by atoms with Gasteiger partial charge in [0.1, 0.15) is 12.4 Å². The van der Waals surface area contributed by atoms with Gasteiger partial charge in [0.25, 0.3) is 0 Å². The first-order valence-corrected chi connectivity index (χ1v) is 13.4. The maximum Gasteiger partial charge on any atom is 0.358 e. The second kappa shape index (κ2) is 10.2. The zero-order valence-corrected chi connectivity index (χ0v) is 22.3. The summed E-state index contributed by atoms with van der Waals surface area (Å²) >= 11 is 0. The Morgan fingerprint density at radius 3 is 2.24 bits per heavy atom. The highest BCUT2D eigenvalue weighted by Crippen LogP contribution is 2.43. The summed E-state index contributed by atoms with van der Waals surface area (Å²) in [4.78, 5) is 23.8. The number of nitrogens with zero attached hydrogens (tertiary/aromatic N) is 3. The van der Waals surface area contributed by atoms with Crippen LogP contribution in [0.1, 0.15) is 79.6 Å². The van der Waals surface area contributed by atoms with E-state index in [2.05, 4.69) is 59.9 Å². The summed E-state index contributed by atoms with van der Waals surface area (Å²) in [6, 6.07) is 19.8. The molecule has 1 N–H and O–H groups in total. The van der Waals surface area contributed by atoms with E-state index in [9.17, 15) is 9.90 Å². The first-order valence-electron chi connectivity index (χ1n) is 13.4. The van der Waals surface area contributed by atoms with E-state index in [0.717, 1.165) is 18.4 Å². The van der Waals surface area contributed by atoms with Crippen LogP contribution in [0.3, 0.4) is 0 Å². The summed E-state index contributed by atoms with van der Waals surface area (Å²) < 4.78 is 5.88. The summed E-state index contributed by atoms with van der Waals surface area (Å²) in [5, 5.41) is 9.87. The molecule has 2 aromatic carbocycles. The zero-order chi connectivity index (χ0) is 26.2. The van der Waals surface area contributed by atoms with E-state index in [0.29, 0.717) is 35.9 Å². The van der Waals surface area contributed by atoms with Gasteiger partial charge in [-0.25, -0.2) is 14.8 Å². The lowest BCUT2D eigenvalue weighted by molar-refractivity contribution is 0.0683. The Balaban J connectivity index is 1.28. The molecule has 2 saturated heterocycles. The number of rotatable bonds is 7. The Morgan fingerprint density at radius 2 is 1.65 bits per heavy atom. The van der Waals surface area contributed by atoms with E-state index in [-0.39, 0.29) is 23.5 Å².